The summed E-state index contributed by atoms with van der Waals surface area (Å²) in [6.07, 6.45) is 1.18. The first-order valence-electron chi connectivity index (χ1n) is 8.51. The number of hydrogen-bond acceptors (Lipinski definition) is 5. The van der Waals surface area contributed by atoms with E-state index in [2.05, 4.69) is 22.4 Å². The summed E-state index contributed by atoms with van der Waals surface area (Å²) in [5.41, 5.74) is 2.07. The van der Waals surface area contributed by atoms with Gasteiger partial charge < -0.3 is 10.2 Å². The van der Waals surface area contributed by atoms with Gasteiger partial charge in [0.1, 0.15) is 5.01 Å². The minimum atomic E-state index is -0.371. The van der Waals surface area contributed by atoms with Crippen molar-refractivity contribution >= 4 is 34.0 Å². The standard InChI is InChI=1S/C18H22N4O2S/c1-4-12-5-7-14(8-6-12)22-10-13(9-15(22)23)16(24)19-18-21-20-17(25-18)11(2)3/h5-8,11,13H,4,9-10H2,1-3H3,(H,19,21,24)/t13-/m0/s1. The van der Waals surface area contributed by atoms with Crippen LogP contribution in [0.3, 0.4) is 0 Å². The van der Waals surface area contributed by atoms with Crippen LogP contribution in [0.25, 0.3) is 0 Å². The third-order valence-corrected chi connectivity index (χ3v) is 5.46. The van der Waals surface area contributed by atoms with E-state index in [1.807, 2.05) is 38.1 Å². The SMILES string of the molecule is CCc1ccc(N2C[C@@H](C(=O)Nc3nnc(C(C)C)s3)CC2=O)cc1. The van der Waals surface area contributed by atoms with Gasteiger partial charge in [0.2, 0.25) is 16.9 Å². The predicted molar refractivity (Wildman–Crippen MR) is 98.9 cm³/mol. The van der Waals surface area contributed by atoms with Crippen molar-refractivity contribution in [3.63, 3.8) is 0 Å². The Morgan fingerprint density at radius 1 is 1.32 bits per heavy atom. The maximum atomic E-state index is 12.5. The molecule has 2 heterocycles. The zero-order valence-corrected chi connectivity index (χ0v) is 15.5. The number of aromatic nitrogens is 2. The van der Waals surface area contributed by atoms with Crippen LogP contribution in [0.15, 0.2) is 24.3 Å². The smallest absolute Gasteiger partial charge is 0.231 e. The highest BCUT2D eigenvalue weighted by Crippen LogP contribution is 2.28. The van der Waals surface area contributed by atoms with Gasteiger partial charge in [0, 0.05) is 24.6 Å². The number of nitrogens with zero attached hydrogens (tertiary/aromatic N) is 3. The molecule has 1 atom stereocenters. The molecule has 1 aromatic heterocycles. The molecular formula is C18H22N4O2S. The zero-order valence-electron chi connectivity index (χ0n) is 14.7. The van der Waals surface area contributed by atoms with Crippen LogP contribution >= 0.6 is 11.3 Å². The first kappa shape index (κ1) is 17.5. The fourth-order valence-corrected chi connectivity index (χ4v) is 3.52. The van der Waals surface area contributed by atoms with Crippen molar-refractivity contribution < 1.29 is 9.59 Å². The van der Waals surface area contributed by atoms with E-state index >= 15 is 0 Å². The summed E-state index contributed by atoms with van der Waals surface area (Å²) in [7, 11) is 0. The monoisotopic (exact) mass is 358 g/mol. The van der Waals surface area contributed by atoms with Crippen molar-refractivity contribution in [3.05, 3.63) is 34.8 Å². The van der Waals surface area contributed by atoms with Crippen LogP contribution in [0.2, 0.25) is 0 Å². The molecule has 1 aliphatic heterocycles. The molecule has 6 nitrogen and oxygen atoms in total. The van der Waals surface area contributed by atoms with Crippen molar-refractivity contribution in [2.75, 3.05) is 16.8 Å². The van der Waals surface area contributed by atoms with E-state index in [1.165, 1.54) is 16.9 Å². The number of nitrogens with one attached hydrogen (secondary N) is 1. The Balaban J connectivity index is 1.65. The fourth-order valence-electron chi connectivity index (χ4n) is 2.77. The van der Waals surface area contributed by atoms with Gasteiger partial charge >= 0.3 is 0 Å². The lowest BCUT2D eigenvalue weighted by molar-refractivity contribution is -0.122. The third-order valence-electron chi connectivity index (χ3n) is 4.32. The van der Waals surface area contributed by atoms with Gasteiger partial charge in [-0.05, 0) is 24.1 Å². The Hall–Kier alpha value is -2.28. The quantitative estimate of drug-likeness (QED) is 0.890. The number of carbonyl (C=O) groups excluding carboxylic acids is 2. The molecule has 25 heavy (non-hydrogen) atoms. The summed E-state index contributed by atoms with van der Waals surface area (Å²) >= 11 is 1.38. The molecule has 0 spiro atoms. The Labute approximate surface area is 151 Å². The van der Waals surface area contributed by atoms with Crippen LogP contribution in [-0.4, -0.2) is 28.6 Å². The topological polar surface area (TPSA) is 75.2 Å². The molecule has 1 fully saturated rings. The maximum Gasteiger partial charge on any atom is 0.231 e. The molecule has 1 N–H and O–H groups in total. The van der Waals surface area contributed by atoms with E-state index in [0.717, 1.165) is 17.1 Å². The number of hydrogen-bond donors (Lipinski definition) is 1. The largest absolute Gasteiger partial charge is 0.312 e. The minimum Gasteiger partial charge on any atom is -0.312 e. The highest BCUT2D eigenvalue weighted by Gasteiger charge is 2.35. The van der Waals surface area contributed by atoms with Gasteiger partial charge in [-0.2, -0.15) is 0 Å². The summed E-state index contributed by atoms with van der Waals surface area (Å²) < 4.78 is 0. The van der Waals surface area contributed by atoms with Crippen LogP contribution in [0.1, 0.15) is 43.7 Å². The molecule has 1 aromatic carbocycles. The van der Waals surface area contributed by atoms with Gasteiger partial charge in [0.05, 0.1) is 5.92 Å². The van der Waals surface area contributed by atoms with E-state index in [0.29, 0.717) is 11.7 Å². The molecule has 0 unspecified atom stereocenters. The number of rotatable bonds is 5. The number of aryl methyl sites for hydroxylation is 1. The molecule has 0 radical (unpaired) electrons. The van der Waals surface area contributed by atoms with Crippen molar-refractivity contribution in [2.45, 2.75) is 39.5 Å². The predicted octanol–water partition coefficient (Wildman–Crippen LogP) is 3.22. The minimum absolute atomic E-state index is 0.0236. The van der Waals surface area contributed by atoms with E-state index in [1.54, 1.807) is 4.90 Å². The Morgan fingerprint density at radius 3 is 2.64 bits per heavy atom. The van der Waals surface area contributed by atoms with Crippen LogP contribution in [0.4, 0.5) is 10.8 Å². The average molecular weight is 358 g/mol. The maximum absolute atomic E-state index is 12.5. The number of amides is 2. The fraction of sp³-hybridized carbons (Fsp3) is 0.444. The highest BCUT2D eigenvalue weighted by molar-refractivity contribution is 7.15. The third kappa shape index (κ3) is 3.87. The van der Waals surface area contributed by atoms with Crippen LogP contribution < -0.4 is 10.2 Å². The molecule has 0 saturated carbocycles. The number of carbonyl (C=O) groups is 2. The molecular weight excluding hydrogens is 336 g/mol. The molecule has 2 amide bonds. The first-order valence-corrected chi connectivity index (χ1v) is 9.33. The lowest BCUT2D eigenvalue weighted by atomic mass is 10.1. The van der Waals surface area contributed by atoms with Gasteiger partial charge in [-0.15, -0.1) is 10.2 Å². The second-order valence-corrected chi connectivity index (χ2v) is 7.52. The second kappa shape index (κ2) is 7.31. The zero-order chi connectivity index (χ0) is 18.0. The summed E-state index contributed by atoms with van der Waals surface area (Å²) in [4.78, 5) is 26.5. The Bertz CT molecular complexity index is 770. The van der Waals surface area contributed by atoms with Gasteiger partial charge in [-0.3, -0.25) is 9.59 Å². The molecule has 7 heteroatoms. The molecule has 1 saturated heterocycles. The second-order valence-electron chi connectivity index (χ2n) is 6.51. The van der Waals surface area contributed by atoms with Crippen LogP contribution in [0, 0.1) is 5.92 Å². The van der Waals surface area contributed by atoms with Crippen LogP contribution in [0.5, 0.6) is 0 Å². The lowest BCUT2D eigenvalue weighted by Gasteiger charge is -2.17. The van der Waals surface area contributed by atoms with E-state index in [4.69, 9.17) is 0 Å². The van der Waals surface area contributed by atoms with Gasteiger partial charge in [-0.25, -0.2) is 0 Å². The first-order chi connectivity index (χ1) is 12.0. The van der Waals surface area contributed by atoms with E-state index in [9.17, 15) is 9.59 Å². The molecule has 0 aliphatic carbocycles. The highest BCUT2D eigenvalue weighted by atomic mass is 32.1. The van der Waals surface area contributed by atoms with Crippen molar-refractivity contribution in [1.82, 2.24) is 10.2 Å². The number of benzene rings is 1. The Morgan fingerprint density at radius 2 is 2.04 bits per heavy atom. The normalized spacial score (nSPS) is 17.4. The van der Waals surface area contributed by atoms with Crippen molar-refractivity contribution in [2.24, 2.45) is 5.92 Å². The molecule has 2 aromatic rings. The molecule has 1 aliphatic rings. The van der Waals surface area contributed by atoms with Gasteiger partial charge in [-0.1, -0.05) is 44.2 Å². The van der Waals surface area contributed by atoms with E-state index < -0.39 is 0 Å². The van der Waals surface area contributed by atoms with Crippen molar-refractivity contribution in [3.8, 4) is 0 Å². The summed E-state index contributed by atoms with van der Waals surface area (Å²) in [5, 5.41) is 12.2. The Kier molecular flexibility index (Phi) is 5.13. The van der Waals surface area contributed by atoms with Crippen molar-refractivity contribution in [1.29, 1.82) is 0 Å². The van der Waals surface area contributed by atoms with Crippen LogP contribution in [-0.2, 0) is 16.0 Å². The number of anilines is 2. The van der Waals surface area contributed by atoms with Gasteiger partial charge in [0.25, 0.3) is 0 Å². The molecule has 3 rings (SSSR count). The van der Waals surface area contributed by atoms with E-state index in [-0.39, 0.29) is 30.1 Å². The summed E-state index contributed by atoms with van der Waals surface area (Å²) in [6.45, 7) is 6.55. The summed E-state index contributed by atoms with van der Waals surface area (Å²) in [6, 6.07) is 7.92. The summed E-state index contributed by atoms with van der Waals surface area (Å²) in [5.74, 6) is -0.292. The average Bonchev–Trinajstić information content (AvgIpc) is 3.22. The molecule has 0 bridgehead atoms. The van der Waals surface area contributed by atoms with Gasteiger partial charge in [0.15, 0.2) is 0 Å². The molecule has 132 valence electrons. The lowest BCUT2D eigenvalue weighted by Crippen LogP contribution is -2.28.